The molecule has 1 aromatic heterocycles. The standard InChI is InChI=1S/C13H21N3OS/c1-9-12(10(2)17)13(18-15-9)14-8-11-6-4-5-7-16(11)3/h11,14H,4-8H2,1-3H3. The van der Waals surface area contributed by atoms with Crippen LogP contribution in [0.2, 0.25) is 0 Å². The number of ketones is 1. The van der Waals surface area contributed by atoms with E-state index in [1.807, 2.05) is 6.92 Å². The van der Waals surface area contributed by atoms with Gasteiger partial charge in [0.15, 0.2) is 5.78 Å². The summed E-state index contributed by atoms with van der Waals surface area (Å²) in [6, 6.07) is 0.570. The van der Waals surface area contributed by atoms with E-state index in [4.69, 9.17) is 0 Å². The van der Waals surface area contributed by atoms with Crippen LogP contribution in [0.1, 0.15) is 42.2 Å². The molecule has 1 N–H and O–H groups in total. The van der Waals surface area contributed by atoms with Gasteiger partial charge in [-0.1, -0.05) is 6.42 Å². The van der Waals surface area contributed by atoms with E-state index >= 15 is 0 Å². The number of hydrogen-bond donors (Lipinski definition) is 1. The number of piperidine rings is 1. The number of aryl methyl sites for hydroxylation is 1. The highest BCUT2D eigenvalue weighted by Gasteiger charge is 2.20. The third-order valence-electron chi connectivity index (χ3n) is 3.63. The summed E-state index contributed by atoms with van der Waals surface area (Å²) in [5, 5.41) is 4.34. The Kier molecular flexibility index (Phi) is 4.35. The van der Waals surface area contributed by atoms with Gasteiger partial charge in [-0.2, -0.15) is 4.37 Å². The predicted octanol–water partition coefficient (Wildman–Crippen LogP) is 2.55. The fraction of sp³-hybridized carbons (Fsp3) is 0.692. The van der Waals surface area contributed by atoms with Crippen LogP contribution in [0.25, 0.3) is 0 Å². The van der Waals surface area contributed by atoms with Gasteiger partial charge in [-0.05, 0) is 51.8 Å². The first kappa shape index (κ1) is 13.5. The second kappa shape index (κ2) is 5.80. The normalized spacial score (nSPS) is 20.9. The van der Waals surface area contributed by atoms with Crippen molar-refractivity contribution in [3.05, 3.63) is 11.3 Å². The SMILES string of the molecule is CC(=O)c1c(C)nsc1NCC1CCCCN1C. The van der Waals surface area contributed by atoms with Crippen molar-refractivity contribution in [3.63, 3.8) is 0 Å². The van der Waals surface area contributed by atoms with Crippen molar-refractivity contribution in [1.29, 1.82) is 0 Å². The number of likely N-dealkylation sites (N-methyl/N-ethyl adjacent to an activating group) is 1. The number of nitrogens with one attached hydrogen (secondary N) is 1. The topological polar surface area (TPSA) is 45.2 Å². The fourth-order valence-electron chi connectivity index (χ4n) is 2.52. The maximum Gasteiger partial charge on any atom is 0.164 e. The quantitative estimate of drug-likeness (QED) is 0.852. The summed E-state index contributed by atoms with van der Waals surface area (Å²) in [4.78, 5) is 14.0. The molecule has 1 aliphatic rings. The van der Waals surface area contributed by atoms with E-state index < -0.39 is 0 Å². The maximum absolute atomic E-state index is 11.6. The van der Waals surface area contributed by atoms with Gasteiger partial charge in [0.25, 0.3) is 0 Å². The molecule has 0 aromatic carbocycles. The minimum absolute atomic E-state index is 0.0979. The van der Waals surface area contributed by atoms with Crippen LogP contribution in [0.15, 0.2) is 0 Å². The first-order chi connectivity index (χ1) is 8.59. The molecule has 1 saturated heterocycles. The molecule has 0 saturated carbocycles. The van der Waals surface area contributed by atoms with Crippen LogP contribution in [0, 0.1) is 6.92 Å². The first-order valence-electron chi connectivity index (χ1n) is 6.51. The molecule has 1 aliphatic heterocycles. The van der Waals surface area contributed by atoms with Crippen molar-refractivity contribution in [2.45, 2.75) is 39.2 Å². The fourth-order valence-corrected chi connectivity index (χ4v) is 3.37. The van der Waals surface area contributed by atoms with E-state index in [1.165, 1.54) is 37.3 Å². The van der Waals surface area contributed by atoms with Gasteiger partial charge >= 0.3 is 0 Å². The van der Waals surface area contributed by atoms with Crippen LogP contribution in [0.5, 0.6) is 0 Å². The number of carbonyl (C=O) groups is 1. The summed E-state index contributed by atoms with van der Waals surface area (Å²) in [5.74, 6) is 0.0979. The number of carbonyl (C=O) groups excluding carboxylic acids is 1. The average Bonchev–Trinajstić information content (AvgIpc) is 2.69. The Hall–Kier alpha value is -0.940. The summed E-state index contributed by atoms with van der Waals surface area (Å²) >= 11 is 1.39. The Balaban J connectivity index is 1.99. The number of nitrogens with zero attached hydrogens (tertiary/aromatic N) is 2. The Morgan fingerprint density at radius 1 is 1.56 bits per heavy atom. The molecular weight excluding hydrogens is 246 g/mol. The van der Waals surface area contributed by atoms with Crippen LogP contribution in [0.4, 0.5) is 5.00 Å². The summed E-state index contributed by atoms with van der Waals surface area (Å²) in [6.45, 7) is 5.58. The molecular formula is C13H21N3OS. The van der Waals surface area contributed by atoms with Crippen molar-refractivity contribution in [3.8, 4) is 0 Å². The molecule has 2 heterocycles. The third-order valence-corrected chi connectivity index (χ3v) is 4.53. The number of hydrogen-bond acceptors (Lipinski definition) is 5. The highest BCUT2D eigenvalue weighted by Crippen LogP contribution is 2.25. The zero-order valence-corrected chi connectivity index (χ0v) is 12.1. The molecule has 0 bridgehead atoms. The molecule has 0 amide bonds. The van der Waals surface area contributed by atoms with Gasteiger partial charge in [0, 0.05) is 12.6 Å². The first-order valence-corrected chi connectivity index (χ1v) is 7.28. The van der Waals surface area contributed by atoms with E-state index in [0.29, 0.717) is 6.04 Å². The Bertz CT molecular complexity index is 430. The minimum atomic E-state index is 0.0979. The highest BCUT2D eigenvalue weighted by molar-refractivity contribution is 7.10. The smallest absolute Gasteiger partial charge is 0.164 e. The van der Waals surface area contributed by atoms with Crippen LogP contribution in [-0.4, -0.2) is 41.2 Å². The van der Waals surface area contributed by atoms with Crippen molar-refractivity contribution >= 4 is 22.3 Å². The van der Waals surface area contributed by atoms with E-state index in [1.54, 1.807) is 6.92 Å². The van der Waals surface area contributed by atoms with Crippen LogP contribution < -0.4 is 5.32 Å². The summed E-state index contributed by atoms with van der Waals surface area (Å²) < 4.78 is 4.27. The lowest BCUT2D eigenvalue weighted by Gasteiger charge is -2.32. The van der Waals surface area contributed by atoms with Crippen LogP contribution >= 0.6 is 11.5 Å². The van der Waals surface area contributed by atoms with Crippen LogP contribution in [0.3, 0.4) is 0 Å². The van der Waals surface area contributed by atoms with E-state index in [-0.39, 0.29) is 5.78 Å². The Morgan fingerprint density at radius 2 is 2.33 bits per heavy atom. The molecule has 0 aliphatic carbocycles. The number of likely N-dealkylation sites (tertiary alicyclic amines) is 1. The van der Waals surface area contributed by atoms with Gasteiger partial charge < -0.3 is 10.2 Å². The molecule has 2 rings (SSSR count). The van der Waals surface area contributed by atoms with Crippen molar-refractivity contribution in [2.24, 2.45) is 0 Å². The molecule has 1 aromatic rings. The number of rotatable bonds is 4. The van der Waals surface area contributed by atoms with Crippen molar-refractivity contribution in [2.75, 3.05) is 25.5 Å². The molecule has 18 heavy (non-hydrogen) atoms. The molecule has 1 atom stereocenters. The number of anilines is 1. The Labute approximate surface area is 113 Å². The Morgan fingerprint density at radius 3 is 3.00 bits per heavy atom. The van der Waals surface area contributed by atoms with Gasteiger partial charge in [-0.15, -0.1) is 0 Å². The zero-order chi connectivity index (χ0) is 13.1. The summed E-state index contributed by atoms with van der Waals surface area (Å²) in [6.07, 6.45) is 3.83. The molecule has 0 spiro atoms. The molecule has 1 unspecified atom stereocenters. The zero-order valence-electron chi connectivity index (χ0n) is 11.3. The lowest BCUT2D eigenvalue weighted by atomic mass is 10.0. The summed E-state index contributed by atoms with van der Waals surface area (Å²) in [5.41, 5.74) is 1.60. The summed E-state index contributed by atoms with van der Waals surface area (Å²) in [7, 11) is 2.18. The molecule has 0 radical (unpaired) electrons. The lowest BCUT2D eigenvalue weighted by Crippen LogP contribution is -2.40. The average molecular weight is 267 g/mol. The number of aromatic nitrogens is 1. The monoisotopic (exact) mass is 267 g/mol. The van der Waals surface area contributed by atoms with Gasteiger partial charge in [0.05, 0.1) is 11.3 Å². The van der Waals surface area contributed by atoms with Gasteiger partial charge in [-0.25, -0.2) is 0 Å². The third kappa shape index (κ3) is 2.90. The van der Waals surface area contributed by atoms with Gasteiger partial charge in [0.2, 0.25) is 0 Å². The molecule has 1 fully saturated rings. The largest absolute Gasteiger partial charge is 0.373 e. The molecule has 100 valence electrons. The van der Waals surface area contributed by atoms with Crippen LogP contribution in [-0.2, 0) is 0 Å². The highest BCUT2D eigenvalue weighted by atomic mass is 32.1. The molecule has 5 heteroatoms. The van der Waals surface area contributed by atoms with E-state index in [0.717, 1.165) is 22.8 Å². The van der Waals surface area contributed by atoms with Gasteiger partial charge in [-0.3, -0.25) is 4.79 Å². The predicted molar refractivity (Wildman–Crippen MR) is 75.6 cm³/mol. The molecule has 4 nitrogen and oxygen atoms in total. The second-order valence-corrected chi connectivity index (χ2v) is 5.81. The lowest BCUT2D eigenvalue weighted by molar-refractivity contribution is 0.101. The second-order valence-electron chi connectivity index (χ2n) is 5.04. The van der Waals surface area contributed by atoms with E-state index in [2.05, 4.69) is 21.6 Å². The van der Waals surface area contributed by atoms with Crippen molar-refractivity contribution < 1.29 is 4.79 Å². The van der Waals surface area contributed by atoms with E-state index in [9.17, 15) is 4.79 Å². The van der Waals surface area contributed by atoms with Gasteiger partial charge in [0.1, 0.15) is 5.00 Å². The minimum Gasteiger partial charge on any atom is -0.373 e. The number of Topliss-reactive ketones (excluding diaryl/α,β-unsaturated/α-hetero) is 1. The maximum atomic E-state index is 11.6. The van der Waals surface area contributed by atoms with Crippen molar-refractivity contribution in [1.82, 2.24) is 9.27 Å².